The van der Waals surface area contributed by atoms with E-state index in [0.29, 0.717) is 22.3 Å². The number of carbonyl (C=O) groups excluding carboxylic acids is 2. The van der Waals surface area contributed by atoms with Crippen molar-refractivity contribution in [1.82, 2.24) is 0 Å². The zero-order chi connectivity index (χ0) is 19.9. The van der Waals surface area contributed by atoms with Gasteiger partial charge in [-0.25, -0.2) is 0 Å². The zero-order valence-electron chi connectivity index (χ0n) is 16.7. The largest absolute Gasteiger partial charge is 0.289 e. The summed E-state index contributed by atoms with van der Waals surface area (Å²) in [6, 6.07) is 12.8. The molecule has 0 aromatic heterocycles. The lowest BCUT2D eigenvalue weighted by atomic mass is 9.84. The van der Waals surface area contributed by atoms with E-state index in [2.05, 4.69) is 25.6 Å². The molecule has 0 spiro atoms. The molecule has 28 heavy (non-hydrogen) atoms. The fraction of sp³-hybridized carbons (Fsp3) is 0.417. The molecule has 3 rings (SSSR count). The van der Waals surface area contributed by atoms with Gasteiger partial charge in [0.2, 0.25) is 0 Å². The molecule has 0 saturated carbocycles. The van der Waals surface area contributed by atoms with E-state index in [1.165, 1.54) is 31.4 Å². The smallest absolute Gasteiger partial charge is 0.195 e. The Morgan fingerprint density at radius 3 is 2.14 bits per heavy atom. The summed E-state index contributed by atoms with van der Waals surface area (Å²) >= 11 is 3.78. The van der Waals surface area contributed by atoms with Crippen LogP contribution in [-0.4, -0.2) is 28.3 Å². The van der Waals surface area contributed by atoms with Crippen LogP contribution in [0.1, 0.15) is 77.8 Å². The normalized spacial score (nSPS) is 13.9. The minimum absolute atomic E-state index is 0.0182. The second kappa shape index (κ2) is 10.3. The highest BCUT2D eigenvalue weighted by Crippen LogP contribution is 2.34. The molecule has 0 saturated heterocycles. The molecule has 1 aliphatic rings. The van der Waals surface area contributed by atoms with Crippen molar-refractivity contribution in [3.8, 4) is 0 Å². The van der Waals surface area contributed by atoms with E-state index < -0.39 is 0 Å². The van der Waals surface area contributed by atoms with E-state index in [1.807, 2.05) is 24.3 Å². The highest BCUT2D eigenvalue weighted by molar-refractivity contribution is 7.99. The van der Waals surface area contributed by atoms with Crippen molar-refractivity contribution in [3.05, 3.63) is 64.7 Å². The van der Waals surface area contributed by atoms with Gasteiger partial charge in [0.05, 0.1) is 0 Å². The van der Waals surface area contributed by atoms with Gasteiger partial charge in [0.15, 0.2) is 11.6 Å². The number of ketones is 2. The maximum absolute atomic E-state index is 13.0. The molecule has 0 fully saturated rings. The van der Waals surface area contributed by atoms with Gasteiger partial charge in [-0.1, -0.05) is 63.1 Å². The average Bonchev–Trinajstić information content (AvgIpc) is 2.73. The van der Waals surface area contributed by atoms with Crippen LogP contribution in [0, 0.1) is 0 Å². The average molecular weight is 413 g/mol. The molecule has 0 aliphatic heterocycles. The van der Waals surface area contributed by atoms with Crippen molar-refractivity contribution in [2.45, 2.75) is 56.1 Å². The Morgan fingerprint density at radius 2 is 1.43 bits per heavy atom. The molecule has 0 bridgehead atoms. The lowest BCUT2D eigenvalue weighted by Gasteiger charge is -2.19. The summed E-state index contributed by atoms with van der Waals surface area (Å²) in [6.45, 7) is 4.54. The maximum atomic E-state index is 13.0. The van der Waals surface area contributed by atoms with Crippen LogP contribution in [0.15, 0.2) is 47.4 Å². The van der Waals surface area contributed by atoms with Gasteiger partial charge >= 0.3 is 0 Å². The second-order valence-corrected chi connectivity index (χ2v) is 9.92. The molecule has 0 amide bonds. The van der Waals surface area contributed by atoms with Crippen molar-refractivity contribution >= 4 is 35.1 Å². The van der Waals surface area contributed by atoms with Crippen LogP contribution in [-0.2, 0) is 0 Å². The van der Waals surface area contributed by atoms with Gasteiger partial charge in [-0.05, 0) is 36.8 Å². The van der Waals surface area contributed by atoms with Gasteiger partial charge in [0.25, 0.3) is 0 Å². The molecule has 2 aromatic carbocycles. The topological polar surface area (TPSA) is 34.1 Å². The third-order valence-corrected chi connectivity index (χ3v) is 7.76. The predicted octanol–water partition coefficient (Wildman–Crippen LogP) is 6.65. The predicted molar refractivity (Wildman–Crippen MR) is 121 cm³/mol. The van der Waals surface area contributed by atoms with Gasteiger partial charge in [0, 0.05) is 32.4 Å². The van der Waals surface area contributed by atoms with E-state index in [0.717, 1.165) is 22.3 Å². The third kappa shape index (κ3) is 4.90. The first-order valence-electron chi connectivity index (χ1n) is 10.2. The Kier molecular flexibility index (Phi) is 7.81. The molecule has 148 valence electrons. The molecule has 0 radical (unpaired) electrons. The minimum Gasteiger partial charge on any atom is -0.289 e. The first-order valence-corrected chi connectivity index (χ1v) is 12.2. The molecule has 1 atom stereocenters. The first kappa shape index (κ1) is 21.2. The van der Waals surface area contributed by atoms with E-state index in [1.54, 1.807) is 30.0 Å². The molecule has 0 N–H and O–H groups in total. The van der Waals surface area contributed by atoms with Crippen molar-refractivity contribution in [2.75, 3.05) is 11.5 Å². The monoisotopic (exact) mass is 412 g/mol. The molecular weight excluding hydrogens is 384 g/mol. The van der Waals surface area contributed by atoms with Gasteiger partial charge in [0.1, 0.15) is 0 Å². The van der Waals surface area contributed by atoms with Crippen LogP contribution >= 0.6 is 23.5 Å². The Balaban J connectivity index is 1.54. The highest BCUT2D eigenvalue weighted by atomic mass is 32.2. The maximum Gasteiger partial charge on any atom is 0.195 e. The van der Waals surface area contributed by atoms with Crippen molar-refractivity contribution < 1.29 is 9.59 Å². The molecule has 1 aliphatic carbocycles. The highest BCUT2D eigenvalue weighted by Gasteiger charge is 2.31. The Morgan fingerprint density at radius 1 is 0.786 bits per heavy atom. The van der Waals surface area contributed by atoms with Crippen LogP contribution in [0.25, 0.3) is 0 Å². The second-order valence-electron chi connectivity index (χ2n) is 7.23. The van der Waals surface area contributed by atoms with Crippen LogP contribution in [0.2, 0.25) is 0 Å². The van der Waals surface area contributed by atoms with Gasteiger partial charge in [-0.3, -0.25) is 9.59 Å². The summed E-state index contributed by atoms with van der Waals surface area (Å²) in [5.74, 6) is 2.18. The number of hydrogen-bond donors (Lipinski definition) is 0. The number of rotatable bonds is 10. The Bertz CT molecular complexity index is 844. The molecule has 4 heteroatoms. The van der Waals surface area contributed by atoms with Crippen molar-refractivity contribution in [1.29, 1.82) is 0 Å². The summed E-state index contributed by atoms with van der Waals surface area (Å²) in [7, 11) is 0. The number of hydrogen-bond acceptors (Lipinski definition) is 4. The Labute approximate surface area is 176 Å². The molecule has 2 aromatic rings. The van der Waals surface area contributed by atoms with E-state index in [4.69, 9.17) is 0 Å². The fourth-order valence-corrected chi connectivity index (χ4v) is 5.47. The molecule has 0 heterocycles. The first-order chi connectivity index (χ1) is 13.6. The summed E-state index contributed by atoms with van der Waals surface area (Å²) < 4.78 is 0. The number of fused-ring (bicyclic) bond motifs is 2. The standard InChI is InChI=1S/C24H28O2S2/c1-3-17(2)27-15-8-4-5-9-16-28-21-14-10-13-20-22(21)24(26)19-12-7-6-11-18(19)23(20)25/h6-7,10-14,17H,3-5,8-9,15-16H2,1-2H3. The minimum atomic E-state index is -0.0357. The van der Waals surface area contributed by atoms with Crippen LogP contribution in [0.5, 0.6) is 0 Å². The van der Waals surface area contributed by atoms with Crippen LogP contribution in [0.4, 0.5) is 0 Å². The number of carbonyl (C=O) groups is 2. The fourth-order valence-electron chi connectivity index (χ4n) is 3.38. The van der Waals surface area contributed by atoms with E-state index >= 15 is 0 Å². The summed E-state index contributed by atoms with van der Waals surface area (Å²) in [6.07, 6.45) is 6.15. The van der Waals surface area contributed by atoms with E-state index in [9.17, 15) is 9.59 Å². The number of benzene rings is 2. The number of unbranched alkanes of at least 4 members (excludes halogenated alkanes) is 3. The SMILES string of the molecule is CCC(C)SCCCCCCSc1cccc2c1C(=O)c1ccccc1C2=O. The Hall–Kier alpha value is -1.52. The van der Waals surface area contributed by atoms with Gasteiger partial charge < -0.3 is 0 Å². The van der Waals surface area contributed by atoms with Crippen molar-refractivity contribution in [3.63, 3.8) is 0 Å². The van der Waals surface area contributed by atoms with Gasteiger partial charge in [-0.2, -0.15) is 11.8 Å². The molecule has 1 unspecified atom stereocenters. The summed E-state index contributed by atoms with van der Waals surface area (Å²) in [4.78, 5) is 26.7. The lowest BCUT2D eigenvalue weighted by molar-refractivity contribution is 0.0977. The molecular formula is C24H28O2S2. The van der Waals surface area contributed by atoms with E-state index in [-0.39, 0.29) is 11.6 Å². The number of thioether (sulfide) groups is 2. The molecule has 2 nitrogen and oxygen atoms in total. The lowest BCUT2D eigenvalue weighted by Crippen LogP contribution is -2.21. The van der Waals surface area contributed by atoms with Crippen LogP contribution in [0.3, 0.4) is 0 Å². The summed E-state index contributed by atoms with van der Waals surface area (Å²) in [5.41, 5.74) is 2.21. The zero-order valence-corrected chi connectivity index (χ0v) is 18.3. The van der Waals surface area contributed by atoms with Gasteiger partial charge in [-0.15, -0.1) is 11.8 Å². The third-order valence-electron chi connectivity index (χ3n) is 5.19. The summed E-state index contributed by atoms with van der Waals surface area (Å²) in [5, 5.41) is 0.769. The van der Waals surface area contributed by atoms with Crippen LogP contribution < -0.4 is 0 Å². The van der Waals surface area contributed by atoms with Crippen molar-refractivity contribution in [2.24, 2.45) is 0 Å². The quantitative estimate of drug-likeness (QED) is 0.276.